The number of hydrazine groups is 1. The number of hydrogen-bond donors (Lipinski definition) is 2. The zero-order chi connectivity index (χ0) is 13.0. The SMILES string of the molecule is NNC(Cc1ccc(Br)cc1Cl)C1CCCCO1. The topological polar surface area (TPSA) is 47.3 Å². The highest BCUT2D eigenvalue weighted by molar-refractivity contribution is 9.10. The molecule has 1 fully saturated rings. The van der Waals surface area contributed by atoms with Crippen molar-refractivity contribution in [3.05, 3.63) is 33.3 Å². The van der Waals surface area contributed by atoms with Crippen molar-refractivity contribution in [2.75, 3.05) is 6.61 Å². The lowest BCUT2D eigenvalue weighted by Crippen LogP contribution is -2.47. The monoisotopic (exact) mass is 332 g/mol. The maximum atomic E-state index is 6.23. The average Bonchev–Trinajstić information content (AvgIpc) is 2.39. The summed E-state index contributed by atoms with van der Waals surface area (Å²) in [5.74, 6) is 5.65. The van der Waals surface area contributed by atoms with E-state index in [0.29, 0.717) is 0 Å². The van der Waals surface area contributed by atoms with Crippen LogP contribution in [0, 0.1) is 0 Å². The van der Waals surface area contributed by atoms with Crippen molar-refractivity contribution in [3.8, 4) is 0 Å². The third-order valence-electron chi connectivity index (χ3n) is 3.33. The molecule has 0 spiro atoms. The Morgan fingerprint density at radius 1 is 1.50 bits per heavy atom. The van der Waals surface area contributed by atoms with E-state index in [2.05, 4.69) is 21.4 Å². The molecule has 2 unspecified atom stereocenters. The molecule has 100 valence electrons. The number of halogens is 2. The lowest BCUT2D eigenvalue weighted by atomic mass is 9.96. The predicted molar refractivity (Wildman–Crippen MR) is 77.6 cm³/mol. The summed E-state index contributed by atoms with van der Waals surface area (Å²) in [6.07, 6.45) is 4.38. The molecule has 1 aromatic rings. The van der Waals surface area contributed by atoms with Crippen LogP contribution in [-0.4, -0.2) is 18.8 Å². The van der Waals surface area contributed by atoms with E-state index >= 15 is 0 Å². The molecule has 0 radical (unpaired) electrons. The van der Waals surface area contributed by atoms with Crippen molar-refractivity contribution < 1.29 is 4.74 Å². The summed E-state index contributed by atoms with van der Waals surface area (Å²) in [4.78, 5) is 0. The Morgan fingerprint density at radius 3 is 2.94 bits per heavy atom. The first-order chi connectivity index (χ1) is 8.70. The van der Waals surface area contributed by atoms with Gasteiger partial charge in [0.15, 0.2) is 0 Å². The molecule has 2 rings (SSSR count). The van der Waals surface area contributed by atoms with E-state index in [4.69, 9.17) is 22.2 Å². The molecule has 1 aromatic carbocycles. The first kappa shape index (κ1) is 14.3. The van der Waals surface area contributed by atoms with Gasteiger partial charge in [0, 0.05) is 16.1 Å². The normalized spacial score (nSPS) is 21.8. The van der Waals surface area contributed by atoms with Gasteiger partial charge in [-0.3, -0.25) is 11.3 Å². The number of benzene rings is 1. The first-order valence-electron chi connectivity index (χ1n) is 6.22. The van der Waals surface area contributed by atoms with Crippen LogP contribution >= 0.6 is 27.5 Å². The second kappa shape index (κ2) is 6.87. The summed E-state index contributed by atoms with van der Waals surface area (Å²) >= 11 is 9.64. The molecular weight excluding hydrogens is 316 g/mol. The van der Waals surface area contributed by atoms with Crippen molar-refractivity contribution >= 4 is 27.5 Å². The van der Waals surface area contributed by atoms with E-state index in [1.165, 1.54) is 6.42 Å². The van der Waals surface area contributed by atoms with Crippen molar-refractivity contribution in [1.82, 2.24) is 5.43 Å². The number of ether oxygens (including phenoxy) is 1. The smallest absolute Gasteiger partial charge is 0.0744 e. The molecule has 1 heterocycles. The summed E-state index contributed by atoms with van der Waals surface area (Å²) in [6.45, 7) is 0.830. The molecule has 0 bridgehead atoms. The van der Waals surface area contributed by atoms with Gasteiger partial charge in [0.25, 0.3) is 0 Å². The van der Waals surface area contributed by atoms with Crippen molar-refractivity contribution in [2.24, 2.45) is 5.84 Å². The van der Waals surface area contributed by atoms with Gasteiger partial charge in [-0.05, 0) is 43.4 Å². The van der Waals surface area contributed by atoms with Gasteiger partial charge < -0.3 is 4.74 Å². The van der Waals surface area contributed by atoms with Gasteiger partial charge in [0.05, 0.1) is 12.1 Å². The van der Waals surface area contributed by atoms with Crippen LogP contribution in [0.3, 0.4) is 0 Å². The minimum atomic E-state index is 0.115. The molecule has 5 heteroatoms. The molecule has 18 heavy (non-hydrogen) atoms. The van der Waals surface area contributed by atoms with Crippen LogP contribution in [0.15, 0.2) is 22.7 Å². The van der Waals surface area contributed by atoms with Crippen molar-refractivity contribution in [2.45, 2.75) is 37.8 Å². The summed E-state index contributed by atoms with van der Waals surface area (Å²) in [7, 11) is 0. The summed E-state index contributed by atoms with van der Waals surface area (Å²) in [5, 5.41) is 0.764. The average molecular weight is 334 g/mol. The molecule has 1 aliphatic rings. The molecule has 0 amide bonds. The van der Waals surface area contributed by atoms with Gasteiger partial charge in [0.2, 0.25) is 0 Å². The Kier molecular flexibility index (Phi) is 5.45. The third kappa shape index (κ3) is 3.68. The largest absolute Gasteiger partial charge is 0.377 e. The molecular formula is C13H18BrClN2O. The summed E-state index contributed by atoms with van der Waals surface area (Å²) < 4.78 is 6.76. The van der Waals surface area contributed by atoms with Crippen LogP contribution in [0.2, 0.25) is 5.02 Å². The number of nitrogens with one attached hydrogen (secondary N) is 1. The van der Waals surface area contributed by atoms with Gasteiger partial charge >= 0.3 is 0 Å². The van der Waals surface area contributed by atoms with E-state index in [-0.39, 0.29) is 12.1 Å². The molecule has 0 aliphatic carbocycles. The number of hydrogen-bond acceptors (Lipinski definition) is 3. The van der Waals surface area contributed by atoms with Crippen LogP contribution in [0.1, 0.15) is 24.8 Å². The number of rotatable bonds is 4. The highest BCUT2D eigenvalue weighted by Gasteiger charge is 2.24. The maximum absolute atomic E-state index is 6.23. The molecule has 2 atom stereocenters. The molecule has 0 aromatic heterocycles. The van der Waals surface area contributed by atoms with Gasteiger partial charge in [-0.25, -0.2) is 0 Å². The molecule has 0 saturated carbocycles. The van der Waals surface area contributed by atoms with E-state index in [1.54, 1.807) is 0 Å². The Hall–Kier alpha value is -0.130. The van der Waals surface area contributed by atoms with E-state index in [1.807, 2.05) is 18.2 Å². The van der Waals surface area contributed by atoms with Crippen LogP contribution in [-0.2, 0) is 11.2 Å². The minimum absolute atomic E-state index is 0.115. The standard InChI is InChI=1S/C13H18BrClN2O/c14-10-5-4-9(11(15)8-10)7-12(17-16)13-3-1-2-6-18-13/h4-5,8,12-13,17H,1-3,6-7,16H2. The summed E-state index contributed by atoms with van der Waals surface area (Å²) in [6, 6.07) is 6.05. The lowest BCUT2D eigenvalue weighted by Gasteiger charge is -2.30. The highest BCUT2D eigenvalue weighted by Crippen LogP contribution is 2.25. The van der Waals surface area contributed by atoms with E-state index in [0.717, 1.165) is 40.9 Å². The van der Waals surface area contributed by atoms with E-state index < -0.39 is 0 Å². The Balaban J connectivity index is 2.04. The van der Waals surface area contributed by atoms with Crippen LogP contribution in [0.5, 0.6) is 0 Å². The fraction of sp³-hybridized carbons (Fsp3) is 0.538. The highest BCUT2D eigenvalue weighted by atomic mass is 79.9. The third-order valence-corrected chi connectivity index (χ3v) is 4.18. The fourth-order valence-electron chi connectivity index (χ4n) is 2.30. The number of nitrogens with two attached hydrogens (primary N) is 1. The molecule has 3 nitrogen and oxygen atoms in total. The fourth-order valence-corrected chi connectivity index (χ4v) is 3.06. The van der Waals surface area contributed by atoms with Gasteiger partial charge in [-0.1, -0.05) is 33.6 Å². The predicted octanol–water partition coefficient (Wildman–Crippen LogP) is 3.05. The van der Waals surface area contributed by atoms with Gasteiger partial charge in [-0.2, -0.15) is 0 Å². The van der Waals surface area contributed by atoms with Crippen molar-refractivity contribution in [3.63, 3.8) is 0 Å². The molecule has 1 saturated heterocycles. The van der Waals surface area contributed by atoms with Crippen LogP contribution < -0.4 is 11.3 Å². The van der Waals surface area contributed by atoms with Gasteiger partial charge in [0.1, 0.15) is 0 Å². The summed E-state index contributed by atoms with van der Waals surface area (Å²) in [5.41, 5.74) is 3.96. The van der Waals surface area contributed by atoms with Crippen molar-refractivity contribution in [1.29, 1.82) is 0 Å². The minimum Gasteiger partial charge on any atom is -0.377 e. The zero-order valence-electron chi connectivity index (χ0n) is 10.2. The van der Waals surface area contributed by atoms with Crippen LogP contribution in [0.4, 0.5) is 0 Å². The first-order valence-corrected chi connectivity index (χ1v) is 7.39. The Bertz CT molecular complexity index is 397. The Labute approximate surface area is 121 Å². The molecule has 3 N–H and O–H groups in total. The maximum Gasteiger partial charge on any atom is 0.0744 e. The second-order valence-electron chi connectivity index (χ2n) is 4.62. The molecule has 1 aliphatic heterocycles. The van der Waals surface area contributed by atoms with Crippen LogP contribution in [0.25, 0.3) is 0 Å². The zero-order valence-corrected chi connectivity index (χ0v) is 12.5. The van der Waals surface area contributed by atoms with E-state index in [9.17, 15) is 0 Å². The Morgan fingerprint density at radius 2 is 2.33 bits per heavy atom. The van der Waals surface area contributed by atoms with Gasteiger partial charge in [-0.15, -0.1) is 0 Å². The lowest BCUT2D eigenvalue weighted by molar-refractivity contribution is -0.00743. The quantitative estimate of drug-likeness (QED) is 0.657. The second-order valence-corrected chi connectivity index (χ2v) is 5.94.